The lowest BCUT2D eigenvalue weighted by atomic mass is 10.5. The van der Waals surface area contributed by atoms with Crippen LogP contribution in [0.25, 0.3) is 6.08 Å². The van der Waals surface area contributed by atoms with Gasteiger partial charge in [-0.05, 0) is 6.08 Å². The number of allylic oxidation sites excluding steroid dienone is 1. The van der Waals surface area contributed by atoms with Crippen molar-refractivity contribution in [1.29, 1.82) is 0 Å². The SMILES string of the molecule is C1=Cc2[nH]cc[n+]2C1. The van der Waals surface area contributed by atoms with Gasteiger partial charge >= 0.3 is 0 Å². The highest BCUT2D eigenvalue weighted by Gasteiger charge is 2.08. The molecule has 2 nitrogen and oxygen atoms in total. The average Bonchev–Trinajstić information content (AvgIpc) is 2.15. The van der Waals surface area contributed by atoms with Crippen molar-refractivity contribution in [3.8, 4) is 0 Å². The molecule has 0 spiro atoms. The fourth-order valence-electron chi connectivity index (χ4n) is 0.957. The van der Waals surface area contributed by atoms with Crippen molar-refractivity contribution in [3.05, 3.63) is 24.3 Å². The van der Waals surface area contributed by atoms with Gasteiger partial charge in [0.05, 0.1) is 0 Å². The first-order valence-corrected chi connectivity index (χ1v) is 2.70. The highest BCUT2D eigenvalue weighted by molar-refractivity contribution is 5.37. The molecule has 0 fully saturated rings. The second kappa shape index (κ2) is 1.22. The Balaban J connectivity index is 2.67. The molecule has 0 saturated heterocycles. The summed E-state index contributed by atoms with van der Waals surface area (Å²) >= 11 is 0. The molecule has 40 valence electrons. The van der Waals surface area contributed by atoms with E-state index in [0.29, 0.717) is 0 Å². The predicted molar refractivity (Wildman–Crippen MR) is 30.0 cm³/mol. The third-order valence-electron chi connectivity index (χ3n) is 1.37. The highest BCUT2D eigenvalue weighted by atomic mass is 15.1. The molecule has 8 heavy (non-hydrogen) atoms. The van der Waals surface area contributed by atoms with Gasteiger partial charge in [-0.15, -0.1) is 0 Å². The van der Waals surface area contributed by atoms with Crippen molar-refractivity contribution in [2.24, 2.45) is 0 Å². The van der Waals surface area contributed by atoms with E-state index in [4.69, 9.17) is 0 Å². The van der Waals surface area contributed by atoms with Gasteiger partial charge in [0.25, 0.3) is 5.82 Å². The van der Waals surface area contributed by atoms with Crippen LogP contribution in [0.15, 0.2) is 18.5 Å². The molecule has 0 aliphatic carbocycles. The molecule has 0 saturated carbocycles. The quantitative estimate of drug-likeness (QED) is 0.461. The summed E-state index contributed by atoms with van der Waals surface area (Å²) in [5.41, 5.74) is 0. The first kappa shape index (κ1) is 3.89. The lowest BCUT2D eigenvalue weighted by Crippen LogP contribution is -2.29. The maximum Gasteiger partial charge on any atom is 0.279 e. The summed E-state index contributed by atoms with van der Waals surface area (Å²) in [4.78, 5) is 3.09. The number of aromatic amines is 1. The van der Waals surface area contributed by atoms with Gasteiger partial charge in [0, 0.05) is 6.08 Å². The van der Waals surface area contributed by atoms with Gasteiger partial charge in [0.2, 0.25) is 0 Å². The average molecular weight is 107 g/mol. The molecular formula is C6H7N2+. The van der Waals surface area contributed by atoms with Crippen molar-refractivity contribution in [2.75, 3.05) is 0 Å². The Hall–Kier alpha value is -1.05. The zero-order valence-electron chi connectivity index (χ0n) is 4.46. The number of imidazole rings is 1. The number of hydrogen-bond donors (Lipinski definition) is 1. The standard InChI is InChI=1S/C6H6N2/c1-2-6-7-3-5-8(6)4-1/h1-3,5H,4H2/p+1. The Bertz CT molecular complexity index is 222. The molecule has 0 aromatic carbocycles. The summed E-state index contributed by atoms with van der Waals surface area (Å²) in [7, 11) is 0. The van der Waals surface area contributed by atoms with Crippen molar-refractivity contribution >= 4 is 6.08 Å². The van der Waals surface area contributed by atoms with E-state index >= 15 is 0 Å². The molecule has 1 N–H and O–H groups in total. The predicted octanol–water partition coefficient (Wildman–Crippen LogP) is 0.329. The second-order valence-corrected chi connectivity index (χ2v) is 1.90. The lowest BCUT2D eigenvalue weighted by molar-refractivity contribution is -0.683. The largest absolute Gasteiger partial charge is 0.279 e. The molecule has 2 rings (SSSR count). The van der Waals surface area contributed by atoms with E-state index in [-0.39, 0.29) is 0 Å². The smallest absolute Gasteiger partial charge is 0.244 e. The summed E-state index contributed by atoms with van der Waals surface area (Å²) in [5, 5.41) is 0. The molecular weight excluding hydrogens is 100 g/mol. The van der Waals surface area contributed by atoms with E-state index in [0.717, 1.165) is 6.54 Å². The van der Waals surface area contributed by atoms with E-state index in [9.17, 15) is 0 Å². The van der Waals surface area contributed by atoms with Gasteiger partial charge in [-0.2, -0.15) is 0 Å². The van der Waals surface area contributed by atoms with Crippen LogP contribution in [0.4, 0.5) is 0 Å². The summed E-state index contributed by atoms with van der Waals surface area (Å²) in [5.74, 6) is 1.20. The van der Waals surface area contributed by atoms with Crippen LogP contribution in [0, 0.1) is 0 Å². The first-order chi connectivity index (χ1) is 3.97. The number of fused-ring (bicyclic) bond motifs is 1. The lowest BCUT2D eigenvalue weighted by Gasteiger charge is -1.79. The van der Waals surface area contributed by atoms with Crippen molar-refractivity contribution in [3.63, 3.8) is 0 Å². The maximum atomic E-state index is 3.09. The summed E-state index contributed by atoms with van der Waals surface area (Å²) in [6, 6.07) is 0. The molecule has 0 amide bonds. The first-order valence-electron chi connectivity index (χ1n) is 2.70. The monoisotopic (exact) mass is 107 g/mol. The zero-order chi connectivity index (χ0) is 5.40. The molecule has 2 heteroatoms. The highest BCUT2D eigenvalue weighted by Crippen LogP contribution is 1.96. The fraction of sp³-hybridized carbons (Fsp3) is 0.167. The van der Waals surface area contributed by atoms with Crippen LogP contribution in [-0.4, -0.2) is 4.98 Å². The third-order valence-corrected chi connectivity index (χ3v) is 1.37. The Morgan fingerprint density at radius 1 is 1.62 bits per heavy atom. The number of H-pyrrole nitrogens is 1. The van der Waals surface area contributed by atoms with Crippen LogP contribution in [0.1, 0.15) is 5.82 Å². The van der Waals surface area contributed by atoms with E-state index < -0.39 is 0 Å². The molecule has 1 aromatic rings. The normalized spacial score (nSPS) is 14.5. The Labute approximate surface area is 47.5 Å². The van der Waals surface area contributed by atoms with Gasteiger partial charge in [0.1, 0.15) is 18.9 Å². The molecule has 1 aliphatic rings. The number of nitrogens with zero attached hydrogens (tertiary/aromatic N) is 1. The van der Waals surface area contributed by atoms with Crippen molar-refractivity contribution in [2.45, 2.75) is 6.54 Å². The van der Waals surface area contributed by atoms with Crippen LogP contribution in [-0.2, 0) is 6.54 Å². The molecule has 1 aromatic heterocycles. The van der Waals surface area contributed by atoms with Crippen LogP contribution < -0.4 is 4.57 Å². The van der Waals surface area contributed by atoms with E-state index in [2.05, 4.69) is 21.7 Å². The molecule has 0 radical (unpaired) electrons. The van der Waals surface area contributed by atoms with E-state index in [1.54, 1.807) is 0 Å². The second-order valence-electron chi connectivity index (χ2n) is 1.90. The molecule has 0 atom stereocenters. The Morgan fingerprint density at radius 3 is 3.50 bits per heavy atom. The zero-order valence-corrected chi connectivity index (χ0v) is 4.46. The van der Waals surface area contributed by atoms with Crippen LogP contribution in [0.3, 0.4) is 0 Å². The number of aromatic nitrogens is 2. The molecule has 1 aliphatic heterocycles. The third kappa shape index (κ3) is 0.346. The van der Waals surface area contributed by atoms with E-state index in [1.165, 1.54) is 5.82 Å². The number of hydrogen-bond acceptors (Lipinski definition) is 0. The number of rotatable bonds is 0. The minimum absolute atomic E-state index is 1.03. The van der Waals surface area contributed by atoms with Gasteiger partial charge in [0.15, 0.2) is 0 Å². The van der Waals surface area contributed by atoms with Gasteiger partial charge in [-0.25, -0.2) is 9.55 Å². The van der Waals surface area contributed by atoms with Crippen LogP contribution in [0.5, 0.6) is 0 Å². The summed E-state index contributed by atoms with van der Waals surface area (Å²) in [6.45, 7) is 1.03. The van der Waals surface area contributed by atoms with Gasteiger partial charge in [-0.1, -0.05) is 0 Å². The minimum Gasteiger partial charge on any atom is -0.244 e. The minimum atomic E-state index is 1.03. The maximum absolute atomic E-state index is 3.09. The van der Waals surface area contributed by atoms with Crippen molar-refractivity contribution in [1.82, 2.24) is 4.98 Å². The Kier molecular flexibility index (Phi) is 0.592. The van der Waals surface area contributed by atoms with Crippen molar-refractivity contribution < 1.29 is 4.57 Å². The Morgan fingerprint density at radius 2 is 2.62 bits per heavy atom. The topological polar surface area (TPSA) is 19.7 Å². The molecule has 2 heterocycles. The van der Waals surface area contributed by atoms with E-state index in [1.807, 2.05) is 12.4 Å². The van der Waals surface area contributed by atoms with Crippen LogP contribution >= 0.6 is 0 Å². The van der Waals surface area contributed by atoms with Crippen LogP contribution in [0.2, 0.25) is 0 Å². The molecule has 0 unspecified atom stereocenters. The summed E-state index contributed by atoms with van der Waals surface area (Å²) in [6.07, 6.45) is 8.19. The van der Waals surface area contributed by atoms with Gasteiger partial charge < -0.3 is 0 Å². The summed E-state index contributed by atoms with van der Waals surface area (Å²) < 4.78 is 2.15. The van der Waals surface area contributed by atoms with Gasteiger partial charge in [-0.3, -0.25) is 0 Å². The molecule has 0 bridgehead atoms. The number of nitrogens with one attached hydrogen (secondary N) is 1. The fourth-order valence-corrected chi connectivity index (χ4v) is 0.957.